The molecule has 0 unspecified atom stereocenters. The van der Waals surface area contributed by atoms with Gasteiger partial charge < -0.3 is 5.32 Å². The van der Waals surface area contributed by atoms with Crippen molar-refractivity contribution in [2.24, 2.45) is 0 Å². The lowest BCUT2D eigenvalue weighted by Gasteiger charge is -2.13. The maximum atomic E-state index is 13.2. The highest BCUT2D eigenvalue weighted by Gasteiger charge is 2.16. The number of aryl methyl sites for hydroxylation is 1. The van der Waals surface area contributed by atoms with E-state index in [1.807, 2.05) is 0 Å². The van der Waals surface area contributed by atoms with Gasteiger partial charge in [0.05, 0.1) is 15.6 Å². The Bertz CT molecular complexity index is 1140. The number of rotatable bonds is 5. The quantitative estimate of drug-likeness (QED) is 0.622. The van der Waals surface area contributed by atoms with Gasteiger partial charge in [-0.1, -0.05) is 35.9 Å². The van der Waals surface area contributed by atoms with Crippen LogP contribution in [0.2, 0.25) is 5.02 Å². The molecular formula is C20H16ClFN2O3S. The molecule has 28 heavy (non-hydrogen) atoms. The Hall–Kier alpha value is -2.90. The van der Waals surface area contributed by atoms with Crippen LogP contribution in [0.4, 0.5) is 15.8 Å². The van der Waals surface area contributed by atoms with Gasteiger partial charge in [0.25, 0.3) is 15.9 Å². The van der Waals surface area contributed by atoms with Crippen LogP contribution in [0.3, 0.4) is 0 Å². The highest BCUT2D eigenvalue weighted by molar-refractivity contribution is 7.92. The van der Waals surface area contributed by atoms with E-state index in [0.717, 1.165) is 6.07 Å². The first-order chi connectivity index (χ1) is 13.3. The summed E-state index contributed by atoms with van der Waals surface area (Å²) in [5.74, 6) is -1.07. The number of benzene rings is 3. The smallest absolute Gasteiger partial charge is 0.261 e. The summed E-state index contributed by atoms with van der Waals surface area (Å²) in [4.78, 5) is 12.6. The van der Waals surface area contributed by atoms with Crippen LogP contribution >= 0.6 is 11.6 Å². The van der Waals surface area contributed by atoms with Crippen LogP contribution < -0.4 is 10.0 Å². The molecular weight excluding hydrogens is 403 g/mol. The molecule has 0 saturated carbocycles. The first-order valence-corrected chi connectivity index (χ1v) is 10.1. The fraction of sp³-hybridized carbons (Fsp3) is 0.0500. The zero-order chi connectivity index (χ0) is 20.3. The van der Waals surface area contributed by atoms with E-state index in [1.54, 1.807) is 37.3 Å². The number of sulfonamides is 1. The highest BCUT2D eigenvalue weighted by Crippen LogP contribution is 2.23. The summed E-state index contributed by atoms with van der Waals surface area (Å²) < 4.78 is 40.8. The van der Waals surface area contributed by atoms with E-state index < -0.39 is 21.7 Å². The van der Waals surface area contributed by atoms with E-state index in [2.05, 4.69) is 10.0 Å². The van der Waals surface area contributed by atoms with Crippen LogP contribution in [0.15, 0.2) is 71.6 Å². The molecule has 2 N–H and O–H groups in total. The van der Waals surface area contributed by atoms with E-state index >= 15 is 0 Å². The monoisotopic (exact) mass is 418 g/mol. The Morgan fingerprint density at radius 2 is 1.71 bits per heavy atom. The topological polar surface area (TPSA) is 75.3 Å². The van der Waals surface area contributed by atoms with Crippen molar-refractivity contribution < 1.29 is 17.6 Å². The van der Waals surface area contributed by atoms with Crippen molar-refractivity contribution in [3.8, 4) is 0 Å². The van der Waals surface area contributed by atoms with E-state index in [1.165, 1.54) is 30.3 Å². The van der Waals surface area contributed by atoms with Gasteiger partial charge in [0, 0.05) is 11.3 Å². The van der Waals surface area contributed by atoms with Crippen molar-refractivity contribution in [3.05, 3.63) is 88.7 Å². The number of anilines is 2. The molecule has 0 saturated heterocycles. The number of carbonyl (C=O) groups is 1. The standard InChI is InChI=1S/C20H16ClFN2O3S/c1-13-7-8-14(20(25)23-15-9-10-18(22)17(21)12-15)11-19(13)24-28(26,27)16-5-3-2-4-6-16/h2-12,24H,1H3,(H,23,25). The third-order valence-electron chi connectivity index (χ3n) is 3.98. The SMILES string of the molecule is Cc1ccc(C(=O)Nc2ccc(F)c(Cl)c2)cc1NS(=O)(=O)c1ccccc1. The molecule has 0 aliphatic rings. The minimum Gasteiger partial charge on any atom is -0.322 e. The second-order valence-electron chi connectivity index (χ2n) is 6.03. The molecule has 1 amide bonds. The zero-order valence-electron chi connectivity index (χ0n) is 14.7. The van der Waals surface area contributed by atoms with Gasteiger partial charge in [0.15, 0.2) is 0 Å². The Kier molecular flexibility index (Phi) is 5.67. The fourth-order valence-electron chi connectivity index (χ4n) is 2.45. The summed E-state index contributed by atoms with van der Waals surface area (Å²) in [5, 5.41) is 2.49. The molecule has 3 rings (SSSR count). The van der Waals surface area contributed by atoms with Gasteiger partial charge in [0.1, 0.15) is 5.82 Å². The van der Waals surface area contributed by atoms with Gasteiger partial charge in [-0.05, 0) is 55.0 Å². The minimum atomic E-state index is -3.79. The summed E-state index contributed by atoms with van der Waals surface area (Å²) in [6.45, 7) is 1.73. The van der Waals surface area contributed by atoms with Crippen molar-refractivity contribution in [1.29, 1.82) is 0 Å². The largest absolute Gasteiger partial charge is 0.322 e. The van der Waals surface area contributed by atoms with Gasteiger partial charge in [-0.2, -0.15) is 0 Å². The molecule has 0 heterocycles. The average Bonchev–Trinajstić information content (AvgIpc) is 2.67. The normalized spacial score (nSPS) is 11.1. The number of hydrogen-bond acceptors (Lipinski definition) is 3. The van der Waals surface area contributed by atoms with E-state index in [9.17, 15) is 17.6 Å². The lowest BCUT2D eigenvalue weighted by Crippen LogP contribution is -2.16. The summed E-state index contributed by atoms with van der Waals surface area (Å²) in [6, 6.07) is 16.4. The molecule has 144 valence electrons. The molecule has 8 heteroatoms. The number of carbonyl (C=O) groups excluding carboxylic acids is 1. The van der Waals surface area contributed by atoms with Crippen molar-refractivity contribution >= 4 is 38.9 Å². The zero-order valence-corrected chi connectivity index (χ0v) is 16.3. The third kappa shape index (κ3) is 4.49. The maximum absolute atomic E-state index is 13.2. The van der Waals surface area contributed by atoms with Crippen molar-refractivity contribution in [2.75, 3.05) is 10.0 Å². The Balaban J connectivity index is 1.84. The molecule has 0 atom stereocenters. The molecule has 0 aliphatic heterocycles. The lowest BCUT2D eigenvalue weighted by molar-refractivity contribution is 0.102. The fourth-order valence-corrected chi connectivity index (χ4v) is 3.78. The van der Waals surface area contributed by atoms with Crippen molar-refractivity contribution in [3.63, 3.8) is 0 Å². The summed E-state index contributed by atoms with van der Waals surface area (Å²) in [5.41, 5.74) is 1.50. The predicted octanol–water partition coefficient (Wildman–Crippen LogP) is 4.84. The van der Waals surface area contributed by atoms with Crippen LogP contribution in [0.5, 0.6) is 0 Å². The minimum absolute atomic E-state index is 0.113. The second kappa shape index (κ2) is 8.00. The third-order valence-corrected chi connectivity index (χ3v) is 5.65. The molecule has 3 aromatic rings. The van der Waals surface area contributed by atoms with Crippen molar-refractivity contribution in [1.82, 2.24) is 0 Å². The summed E-state index contributed by atoms with van der Waals surface area (Å²) in [6.07, 6.45) is 0. The molecule has 0 bridgehead atoms. The number of nitrogens with one attached hydrogen (secondary N) is 2. The molecule has 3 aromatic carbocycles. The number of amides is 1. The summed E-state index contributed by atoms with van der Waals surface area (Å²) in [7, 11) is -3.79. The van der Waals surface area contributed by atoms with Gasteiger partial charge in [0.2, 0.25) is 0 Å². The molecule has 5 nitrogen and oxygen atoms in total. The van der Waals surface area contributed by atoms with E-state index in [-0.39, 0.29) is 21.2 Å². The molecule has 0 radical (unpaired) electrons. The van der Waals surface area contributed by atoms with Gasteiger partial charge in [-0.25, -0.2) is 12.8 Å². The second-order valence-corrected chi connectivity index (χ2v) is 8.12. The van der Waals surface area contributed by atoms with Gasteiger partial charge in [-0.3, -0.25) is 9.52 Å². The molecule has 0 aromatic heterocycles. The highest BCUT2D eigenvalue weighted by atomic mass is 35.5. The van der Waals surface area contributed by atoms with E-state index in [4.69, 9.17) is 11.6 Å². The van der Waals surface area contributed by atoms with E-state index in [0.29, 0.717) is 11.3 Å². The van der Waals surface area contributed by atoms with Crippen LogP contribution in [0.1, 0.15) is 15.9 Å². The Morgan fingerprint density at radius 1 is 1.00 bits per heavy atom. The maximum Gasteiger partial charge on any atom is 0.261 e. The van der Waals surface area contributed by atoms with Crippen LogP contribution in [0, 0.1) is 12.7 Å². The predicted molar refractivity (Wildman–Crippen MR) is 108 cm³/mol. The van der Waals surface area contributed by atoms with Gasteiger partial charge >= 0.3 is 0 Å². The number of halogens is 2. The van der Waals surface area contributed by atoms with Crippen LogP contribution in [0.25, 0.3) is 0 Å². The first-order valence-electron chi connectivity index (χ1n) is 8.21. The first kappa shape index (κ1) is 19.9. The Morgan fingerprint density at radius 3 is 2.39 bits per heavy atom. The Labute approximate surface area is 167 Å². The van der Waals surface area contributed by atoms with Crippen LogP contribution in [-0.4, -0.2) is 14.3 Å². The summed E-state index contributed by atoms with van der Waals surface area (Å²) >= 11 is 5.72. The average molecular weight is 419 g/mol. The van der Waals surface area contributed by atoms with Gasteiger partial charge in [-0.15, -0.1) is 0 Å². The molecule has 0 spiro atoms. The lowest BCUT2D eigenvalue weighted by atomic mass is 10.1. The molecule has 0 aliphatic carbocycles. The van der Waals surface area contributed by atoms with Crippen LogP contribution in [-0.2, 0) is 10.0 Å². The van der Waals surface area contributed by atoms with Crippen molar-refractivity contribution in [2.45, 2.75) is 11.8 Å². The molecule has 0 fully saturated rings. The number of hydrogen-bond donors (Lipinski definition) is 2.